The van der Waals surface area contributed by atoms with Gasteiger partial charge in [0.1, 0.15) is 0 Å². The largest absolute Gasteiger partial charge is 0.393 e. The number of nitrogens with one attached hydrogen (secondary N) is 1. The number of aliphatic hydroxyl groups is 1. The van der Waals surface area contributed by atoms with E-state index in [1.165, 1.54) is 0 Å². The normalized spacial score (nSPS) is 31.0. The number of aromatic nitrogens is 2. The Morgan fingerprint density at radius 3 is 2.95 bits per heavy atom. The highest BCUT2D eigenvalue weighted by molar-refractivity contribution is 5.00. The Balaban J connectivity index is 2.34. The molecule has 0 radical (unpaired) electrons. The predicted octanol–water partition coefficient (Wildman–Crippen LogP) is 0.471. The Bertz CT molecular complexity index is 697. The molecule has 0 aliphatic carbocycles. The fourth-order valence-corrected chi connectivity index (χ4v) is 2.62. The maximum Gasteiger partial charge on any atom is 0.330 e. The molecule has 1 aliphatic rings. The summed E-state index contributed by atoms with van der Waals surface area (Å²) in [5.41, 5.74) is 5.66. The first-order valence-corrected chi connectivity index (χ1v) is 6.70. The van der Waals surface area contributed by atoms with E-state index in [1.807, 2.05) is 4.98 Å². The fourth-order valence-electron chi connectivity index (χ4n) is 2.62. The van der Waals surface area contributed by atoms with Crippen LogP contribution in [-0.4, -0.2) is 39.6 Å². The number of rotatable bonds is 5. The predicted molar refractivity (Wildman–Crippen MR) is 74.0 cm³/mol. The van der Waals surface area contributed by atoms with E-state index in [4.69, 9.17) is 10.3 Å². The average Bonchev–Trinajstić information content (AvgIpc) is 2.73. The average molecular weight is 313 g/mol. The standard InChI is InChI=1S/C12H16FN5O4/c1-7-9(13)10(18-5-2-8(20)16-11(18)21)22-12(7,6-19)3-4-15-17-14/h2,5,7,9-10,19H,3-4,6H2,1H3,(H,16,20,21)/t7-,9?,10-,12-/m1/s1. The van der Waals surface area contributed by atoms with Crippen LogP contribution >= 0.6 is 0 Å². The van der Waals surface area contributed by atoms with Crippen molar-refractivity contribution in [1.82, 2.24) is 9.55 Å². The highest BCUT2D eigenvalue weighted by atomic mass is 19.1. The molecule has 120 valence electrons. The molecule has 4 atom stereocenters. The first kappa shape index (κ1) is 16.2. The molecule has 1 aromatic rings. The minimum atomic E-state index is -1.57. The molecule has 1 fully saturated rings. The van der Waals surface area contributed by atoms with E-state index < -0.39 is 41.8 Å². The zero-order valence-corrected chi connectivity index (χ0v) is 11.8. The number of alkyl halides is 1. The third kappa shape index (κ3) is 2.76. The Labute approximate surface area is 124 Å². The van der Waals surface area contributed by atoms with E-state index in [9.17, 15) is 19.1 Å². The number of aromatic amines is 1. The van der Waals surface area contributed by atoms with Crippen molar-refractivity contribution in [3.05, 3.63) is 43.5 Å². The first-order chi connectivity index (χ1) is 10.4. The maximum absolute atomic E-state index is 14.5. The summed E-state index contributed by atoms with van der Waals surface area (Å²) in [5, 5.41) is 13.0. The van der Waals surface area contributed by atoms with E-state index in [2.05, 4.69) is 10.0 Å². The minimum Gasteiger partial charge on any atom is -0.393 e. The number of H-pyrrole nitrogens is 1. The van der Waals surface area contributed by atoms with Crippen LogP contribution in [0.4, 0.5) is 4.39 Å². The van der Waals surface area contributed by atoms with Gasteiger partial charge < -0.3 is 9.84 Å². The van der Waals surface area contributed by atoms with Crippen LogP contribution in [0.25, 0.3) is 10.4 Å². The zero-order valence-electron chi connectivity index (χ0n) is 11.8. The van der Waals surface area contributed by atoms with Gasteiger partial charge in [-0.05, 0) is 12.0 Å². The molecule has 2 N–H and O–H groups in total. The molecule has 0 aromatic carbocycles. The summed E-state index contributed by atoms with van der Waals surface area (Å²) < 4.78 is 21.1. The molecule has 1 unspecified atom stereocenters. The number of halogens is 1. The molecule has 9 nitrogen and oxygen atoms in total. The minimum absolute atomic E-state index is 0.0291. The monoisotopic (exact) mass is 313 g/mol. The number of hydrogen-bond donors (Lipinski definition) is 2. The Morgan fingerprint density at radius 1 is 1.64 bits per heavy atom. The van der Waals surface area contributed by atoms with Gasteiger partial charge in [-0.1, -0.05) is 12.0 Å². The molecule has 0 amide bonds. The number of azide groups is 1. The van der Waals surface area contributed by atoms with E-state index >= 15 is 0 Å². The highest BCUT2D eigenvalue weighted by Gasteiger charge is 2.53. The van der Waals surface area contributed by atoms with Crippen LogP contribution in [0.5, 0.6) is 0 Å². The van der Waals surface area contributed by atoms with Crippen molar-refractivity contribution in [3.8, 4) is 0 Å². The topological polar surface area (TPSA) is 133 Å². The van der Waals surface area contributed by atoms with Crippen molar-refractivity contribution < 1.29 is 14.2 Å². The molecular weight excluding hydrogens is 297 g/mol. The van der Waals surface area contributed by atoms with E-state index in [1.54, 1.807) is 6.92 Å². The van der Waals surface area contributed by atoms with E-state index in [-0.39, 0.29) is 13.0 Å². The van der Waals surface area contributed by atoms with Gasteiger partial charge in [0.15, 0.2) is 12.4 Å². The smallest absolute Gasteiger partial charge is 0.330 e. The first-order valence-electron chi connectivity index (χ1n) is 6.70. The summed E-state index contributed by atoms with van der Waals surface area (Å²) >= 11 is 0. The molecule has 2 rings (SSSR count). The Kier molecular flexibility index (Phi) is 4.65. The van der Waals surface area contributed by atoms with Gasteiger partial charge in [-0.25, -0.2) is 9.18 Å². The van der Waals surface area contributed by atoms with Crippen LogP contribution in [0, 0.1) is 5.92 Å². The fraction of sp³-hybridized carbons (Fsp3) is 0.667. The van der Waals surface area contributed by atoms with Gasteiger partial charge in [-0.3, -0.25) is 14.3 Å². The van der Waals surface area contributed by atoms with E-state index in [0.29, 0.717) is 0 Å². The van der Waals surface area contributed by atoms with Crippen LogP contribution < -0.4 is 11.2 Å². The lowest BCUT2D eigenvalue weighted by atomic mass is 9.85. The molecule has 22 heavy (non-hydrogen) atoms. The van der Waals surface area contributed by atoms with Crippen LogP contribution in [0.2, 0.25) is 0 Å². The molecular formula is C12H16FN5O4. The van der Waals surface area contributed by atoms with Crippen LogP contribution in [0.1, 0.15) is 19.6 Å². The number of nitrogens with zero attached hydrogens (tertiary/aromatic N) is 4. The van der Waals surface area contributed by atoms with Gasteiger partial charge >= 0.3 is 5.69 Å². The molecule has 10 heteroatoms. The van der Waals surface area contributed by atoms with Crippen LogP contribution in [0.15, 0.2) is 27.0 Å². The quantitative estimate of drug-likeness (QED) is 0.464. The van der Waals surface area contributed by atoms with Crippen molar-refractivity contribution in [2.75, 3.05) is 13.2 Å². The molecule has 0 saturated carbocycles. The van der Waals surface area contributed by atoms with Crippen molar-refractivity contribution in [2.24, 2.45) is 11.0 Å². The third-order valence-corrected chi connectivity index (χ3v) is 4.03. The highest BCUT2D eigenvalue weighted by Crippen LogP contribution is 2.44. The summed E-state index contributed by atoms with van der Waals surface area (Å²) in [7, 11) is 0. The van der Waals surface area contributed by atoms with Crippen LogP contribution in [-0.2, 0) is 4.74 Å². The van der Waals surface area contributed by atoms with Gasteiger partial charge in [-0.2, -0.15) is 0 Å². The lowest BCUT2D eigenvalue weighted by molar-refractivity contribution is -0.116. The molecule has 0 spiro atoms. The van der Waals surface area contributed by atoms with Crippen molar-refractivity contribution in [2.45, 2.75) is 31.3 Å². The van der Waals surface area contributed by atoms with Gasteiger partial charge in [-0.15, -0.1) is 0 Å². The molecule has 2 heterocycles. The molecule has 1 aliphatic heterocycles. The van der Waals surface area contributed by atoms with Crippen molar-refractivity contribution >= 4 is 0 Å². The Hall–Kier alpha value is -2.16. The van der Waals surface area contributed by atoms with Crippen molar-refractivity contribution in [3.63, 3.8) is 0 Å². The molecule has 1 saturated heterocycles. The summed E-state index contributed by atoms with van der Waals surface area (Å²) in [6.45, 7) is 1.10. The molecule has 1 aromatic heterocycles. The van der Waals surface area contributed by atoms with E-state index in [0.717, 1.165) is 16.8 Å². The maximum atomic E-state index is 14.5. The van der Waals surface area contributed by atoms with Gasteiger partial charge in [0, 0.05) is 29.6 Å². The number of ether oxygens (including phenoxy) is 1. The van der Waals surface area contributed by atoms with Gasteiger partial charge in [0.25, 0.3) is 5.56 Å². The second-order valence-corrected chi connectivity index (χ2v) is 5.19. The summed E-state index contributed by atoms with van der Waals surface area (Å²) in [5.74, 6) is -0.727. The van der Waals surface area contributed by atoms with Crippen LogP contribution in [0.3, 0.4) is 0 Å². The number of hydrogen-bond acceptors (Lipinski definition) is 5. The van der Waals surface area contributed by atoms with Crippen molar-refractivity contribution in [1.29, 1.82) is 0 Å². The van der Waals surface area contributed by atoms with Gasteiger partial charge in [0.2, 0.25) is 0 Å². The summed E-state index contributed by atoms with van der Waals surface area (Å²) in [4.78, 5) is 27.5. The third-order valence-electron chi connectivity index (χ3n) is 4.03. The Morgan fingerprint density at radius 2 is 2.36 bits per heavy atom. The summed E-state index contributed by atoms with van der Waals surface area (Å²) in [6.07, 6.45) is -1.57. The second kappa shape index (κ2) is 6.30. The van der Waals surface area contributed by atoms with Gasteiger partial charge in [0.05, 0.1) is 12.2 Å². The summed E-state index contributed by atoms with van der Waals surface area (Å²) in [6, 6.07) is 1.08. The lowest BCUT2D eigenvalue weighted by Gasteiger charge is -2.30. The second-order valence-electron chi connectivity index (χ2n) is 5.19. The molecule has 0 bridgehead atoms. The SMILES string of the molecule is C[C@@H]1C(F)[C@H](n2ccc(=O)[nH]c2=O)O[C@@]1(CO)CCN=[N+]=[N-]. The number of aliphatic hydroxyl groups excluding tert-OH is 1. The lowest BCUT2D eigenvalue weighted by Crippen LogP contribution is -2.40. The zero-order chi connectivity index (χ0) is 16.3.